The van der Waals surface area contributed by atoms with Crippen LogP contribution in [0.4, 0.5) is 11.4 Å². The summed E-state index contributed by atoms with van der Waals surface area (Å²) >= 11 is 0. The first-order valence-corrected chi connectivity index (χ1v) is 8.09. The number of hydrogen-bond acceptors (Lipinski definition) is 4. The van der Waals surface area contributed by atoms with E-state index in [9.17, 15) is 9.59 Å². The summed E-state index contributed by atoms with van der Waals surface area (Å²) in [6.45, 7) is 0.315. The van der Waals surface area contributed by atoms with Gasteiger partial charge in [-0.05, 0) is 43.9 Å². The zero-order chi connectivity index (χ0) is 18.2. The van der Waals surface area contributed by atoms with Gasteiger partial charge in [0.15, 0.2) is 0 Å². The van der Waals surface area contributed by atoms with Crippen LogP contribution in [-0.4, -0.2) is 37.4 Å². The van der Waals surface area contributed by atoms with Gasteiger partial charge >= 0.3 is 0 Å². The molecule has 0 saturated carbocycles. The summed E-state index contributed by atoms with van der Waals surface area (Å²) in [4.78, 5) is 25.6. The second-order valence-corrected chi connectivity index (χ2v) is 6.13. The molecule has 2 aromatic carbocycles. The monoisotopic (exact) mass is 340 g/mol. The molecule has 0 radical (unpaired) electrons. The predicted molar refractivity (Wildman–Crippen MR) is 100 cm³/mol. The third-order valence-electron chi connectivity index (χ3n) is 3.55. The number of amides is 2. The highest BCUT2D eigenvalue weighted by molar-refractivity contribution is 5.93. The molecule has 0 heterocycles. The number of rotatable bonds is 7. The van der Waals surface area contributed by atoms with Gasteiger partial charge in [-0.3, -0.25) is 9.59 Å². The van der Waals surface area contributed by atoms with E-state index in [2.05, 4.69) is 10.6 Å². The molecular weight excluding hydrogens is 316 g/mol. The minimum atomic E-state index is -0.342. The molecule has 2 rings (SSSR count). The molecule has 132 valence electrons. The largest absolute Gasteiger partial charge is 0.326 e. The maximum Gasteiger partial charge on any atom is 0.238 e. The van der Waals surface area contributed by atoms with Gasteiger partial charge in [0.1, 0.15) is 0 Å². The minimum absolute atomic E-state index is 0.0874. The highest BCUT2D eigenvalue weighted by atomic mass is 16.2. The lowest BCUT2D eigenvalue weighted by Crippen LogP contribution is -2.27. The lowest BCUT2D eigenvalue weighted by Gasteiger charge is -2.13. The van der Waals surface area contributed by atoms with E-state index in [-0.39, 0.29) is 24.3 Å². The van der Waals surface area contributed by atoms with Crippen molar-refractivity contribution in [1.29, 1.82) is 0 Å². The zero-order valence-electron chi connectivity index (χ0n) is 14.5. The van der Waals surface area contributed by atoms with Crippen LogP contribution in [0.1, 0.15) is 18.0 Å². The molecule has 0 aliphatic heterocycles. The Hall–Kier alpha value is -2.70. The van der Waals surface area contributed by atoms with Crippen LogP contribution < -0.4 is 16.4 Å². The smallest absolute Gasteiger partial charge is 0.238 e. The average molecular weight is 340 g/mol. The van der Waals surface area contributed by atoms with Crippen LogP contribution in [0.3, 0.4) is 0 Å². The van der Waals surface area contributed by atoms with Crippen molar-refractivity contribution in [3.63, 3.8) is 0 Å². The number of anilines is 2. The van der Waals surface area contributed by atoms with Gasteiger partial charge in [-0.15, -0.1) is 0 Å². The van der Waals surface area contributed by atoms with E-state index in [1.807, 2.05) is 44.4 Å². The summed E-state index contributed by atoms with van der Waals surface area (Å²) in [5.74, 6) is -0.239. The molecule has 6 heteroatoms. The lowest BCUT2D eigenvalue weighted by atomic mass is 10.0. The Labute approximate surface area is 148 Å². The van der Waals surface area contributed by atoms with Gasteiger partial charge in [0, 0.05) is 23.8 Å². The average Bonchev–Trinajstić information content (AvgIpc) is 2.56. The van der Waals surface area contributed by atoms with Crippen LogP contribution in [0.15, 0.2) is 54.6 Å². The maximum absolute atomic E-state index is 12.1. The summed E-state index contributed by atoms with van der Waals surface area (Å²) in [7, 11) is 3.66. The first-order chi connectivity index (χ1) is 11.9. The minimum Gasteiger partial charge on any atom is -0.326 e. The molecule has 2 aromatic rings. The van der Waals surface area contributed by atoms with Crippen molar-refractivity contribution in [3.8, 4) is 0 Å². The van der Waals surface area contributed by atoms with Gasteiger partial charge in [0.2, 0.25) is 11.8 Å². The number of likely N-dealkylation sites (N-methyl/N-ethyl adjacent to an activating group) is 1. The van der Waals surface area contributed by atoms with Crippen molar-refractivity contribution in [1.82, 2.24) is 4.90 Å². The topological polar surface area (TPSA) is 87.5 Å². The Bertz CT molecular complexity index is 699. The van der Waals surface area contributed by atoms with Gasteiger partial charge in [-0.2, -0.15) is 0 Å². The van der Waals surface area contributed by atoms with Crippen molar-refractivity contribution in [2.75, 3.05) is 31.3 Å². The normalized spacial score (nSPS) is 11.8. The molecule has 2 amide bonds. The van der Waals surface area contributed by atoms with Crippen molar-refractivity contribution in [3.05, 3.63) is 60.2 Å². The van der Waals surface area contributed by atoms with Crippen molar-refractivity contribution in [2.24, 2.45) is 5.73 Å². The van der Waals surface area contributed by atoms with E-state index in [1.54, 1.807) is 29.2 Å². The number of carbonyl (C=O) groups is 2. The summed E-state index contributed by atoms with van der Waals surface area (Å²) in [5.41, 5.74) is 8.33. The van der Waals surface area contributed by atoms with Gasteiger partial charge in [-0.25, -0.2) is 0 Å². The van der Waals surface area contributed by atoms with Gasteiger partial charge in [-0.1, -0.05) is 30.3 Å². The SMILES string of the molecule is CN(C)CC(=O)Nc1ccc(NC(=O)CC(N)c2ccccc2)cc1. The number of benzene rings is 2. The Kier molecular flexibility index (Phi) is 6.68. The fourth-order valence-corrected chi connectivity index (χ4v) is 2.35. The molecule has 0 aromatic heterocycles. The summed E-state index contributed by atoms with van der Waals surface area (Å²) < 4.78 is 0. The molecule has 4 N–H and O–H groups in total. The van der Waals surface area contributed by atoms with E-state index in [0.29, 0.717) is 17.9 Å². The molecule has 1 unspecified atom stereocenters. The van der Waals surface area contributed by atoms with Crippen LogP contribution in [0.5, 0.6) is 0 Å². The van der Waals surface area contributed by atoms with Gasteiger partial charge in [0.25, 0.3) is 0 Å². The molecule has 6 nitrogen and oxygen atoms in total. The molecule has 0 bridgehead atoms. The molecule has 0 saturated heterocycles. The van der Waals surface area contributed by atoms with Crippen LogP contribution in [0, 0.1) is 0 Å². The molecule has 0 spiro atoms. The molecule has 0 aliphatic rings. The van der Waals surface area contributed by atoms with E-state index in [4.69, 9.17) is 5.73 Å². The summed E-state index contributed by atoms with van der Waals surface area (Å²) in [5, 5.41) is 5.61. The standard InChI is InChI=1S/C19H24N4O2/c1-23(2)13-19(25)22-16-10-8-15(9-11-16)21-18(24)12-17(20)14-6-4-3-5-7-14/h3-11,17H,12-13,20H2,1-2H3,(H,21,24)(H,22,25). The van der Waals surface area contributed by atoms with Crippen LogP contribution >= 0.6 is 0 Å². The fourth-order valence-electron chi connectivity index (χ4n) is 2.35. The number of nitrogens with one attached hydrogen (secondary N) is 2. The van der Waals surface area contributed by atoms with Gasteiger partial charge < -0.3 is 21.3 Å². The highest BCUT2D eigenvalue weighted by Crippen LogP contribution is 2.17. The number of nitrogens with two attached hydrogens (primary N) is 1. The van der Waals surface area contributed by atoms with Crippen LogP contribution in [0.25, 0.3) is 0 Å². The quantitative estimate of drug-likeness (QED) is 0.721. The Morgan fingerprint density at radius 2 is 1.44 bits per heavy atom. The lowest BCUT2D eigenvalue weighted by molar-refractivity contribution is -0.117. The highest BCUT2D eigenvalue weighted by Gasteiger charge is 2.11. The number of nitrogens with zero attached hydrogens (tertiary/aromatic N) is 1. The Balaban J connectivity index is 1.86. The predicted octanol–water partition coefficient (Wildman–Crippen LogP) is 2.22. The Morgan fingerprint density at radius 1 is 0.920 bits per heavy atom. The summed E-state index contributed by atoms with van der Waals surface area (Å²) in [6.07, 6.45) is 0.200. The Morgan fingerprint density at radius 3 is 1.96 bits per heavy atom. The zero-order valence-corrected chi connectivity index (χ0v) is 14.5. The van der Waals surface area contributed by atoms with E-state index >= 15 is 0 Å². The van der Waals surface area contributed by atoms with E-state index in [0.717, 1.165) is 5.56 Å². The van der Waals surface area contributed by atoms with Crippen LogP contribution in [0.2, 0.25) is 0 Å². The van der Waals surface area contributed by atoms with E-state index < -0.39 is 0 Å². The van der Waals surface area contributed by atoms with Gasteiger partial charge in [0.05, 0.1) is 6.54 Å². The fraction of sp³-hybridized carbons (Fsp3) is 0.263. The molecule has 25 heavy (non-hydrogen) atoms. The van der Waals surface area contributed by atoms with Crippen molar-refractivity contribution in [2.45, 2.75) is 12.5 Å². The first kappa shape index (κ1) is 18.6. The molecule has 0 fully saturated rings. The first-order valence-electron chi connectivity index (χ1n) is 8.09. The van der Waals surface area contributed by atoms with E-state index in [1.165, 1.54) is 0 Å². The second-order valence-electron chi connectivity index (χ2n) is 6.13. The number of carbonyl (C=O) groups excluding carboxylic acids is 2. The maximum atomic E-state index is 12.1. The second kappa shape index (κ2) is 8.96. The third-order valence-corrected chi connectivity index (χ3v) is 3.55. The molecular formula is C19H24N4O2. The van der Waals surface area contributed by atoms with Crippen molar-refractivity contribution < 1.29 is 9.59 Å². The molecule has 0 aliphatic carbocycles. The van der Waals surface area contributed by atoms with Crippen LogP contribution in [-0.2, 0) is 9.59 Å². The summed E-state index contributed by atoms with van der Waals surface area (Å²) in [6, 6.07) is 16.2. The third kappa shape index (κ3) is 6.37. The van der Waals surface area contributed by atoms with Crippen molar-refractivity contribution >= 4 is 23.2 Å². The molecule has 1 atom stereocenters. The number of hydrogen-bond donors (Lipinski definition) is 3.